The lowest BCUT2D eigenvalue weighted by Gasteiger charge is -2.09. The molecule has 0 unspecified atom stereocenters. The minimum Gasteiger partial charge on any atom is -0.392 e. The molecule has 18 heavy (non-hydrogen) atoms. The highest BCUT2D eigenvalue weighted by Gasteiger charge is 2.15. The first-order valence-electron chi connectivity index (χ1n) is 5.43. The van der Waals surface area contributed by atoms with Gasteiger partial charge >= 0.3 is 11.8 Å². The predicted octanol–water partition coefficient (Wildman–Crippen LogP) is 0.570. The Morgan fingerprint density at radius 1 is 1.39 bits per heavy atom. The van der Waals surface area contributed by atoms with Gasteiger partial charge in [0.2, 0.25) is 0 Å². The molecule has 0 spiro atoms. The van der Waals surface area contributed by atoms with E-state index in [9.17, 15) is 14.0 Å². The van der Waals surface area contributed by atoms with Crippen molar-refractivity contribution in [1.82, 2.24) is 5.32 Å². The zero-order valence-corrected chi connectivity index (χ0v) is 10.2. The predicted molar refractivity (Wildman–Crippen MR) is 64.5 cm³/mol. The largest absolute Gasteiger partial charge is 0.392 e. The van der Waals surface area contributed by atoms with Crippen LogP contribution in [0.15, 0.2) is 18.2 Å². The highest BCUT2D eigenvalue weighted by atomic mass is 19.1. The molecular weight excluding hydrogens is 239 g/mol. The average Bonchev–Trinajstić information content (AvgIpc) is 2.30. The molecule has 0 saturated carbocycles. The van der Waals surface area contributed by atoms with E-state index in [1.54, 1.807) is 6.92 Å². The van der Waals surface area contributed by atoms with E-state index >= 15 is 0 Å². The van der Waals surface area contributed by atoms with E-state index in [2.05, 4.69) is 10.6 Å². The molecule has 1 aromatic carbocycles. The van der Waals surface area contributed by atoms with Crippen LogP contribution >= 0.6 is 0 Å². The van der Waals surface area contributed by atoms with Crippen molar-refractivity contribution >= 4 is 17.5 Å². The van der Waals surface area contributed by atoms with Crippen molar-refractivity contribution in [3.63, 3.8) is 0 Å². The van der Waals surface area contributed by atoms with Gasteiger partial charge in [-0.1, -0.05) is 6.07 Å². The van der Waals surface area contributed by atoms with Crippen molar-refractivity contribution in [1.29, 1.82) is 0 Å². The summed E-state index contributed by atoms with van der Waals surface area (Å²) < 4.78 is 13.0. The number of hydrogen-bond donors (Lipinski definition) is 3. The first-order valence-corrected chi connectivity index (χ1v) is 5.43. The molecule has 98 valence electrons. The number of benzene rings is 1. The number of nitrogens with one attached hydrogen (secondary N) is 2. The Morgan fingerprint density at radius 3 is 2.67 bits per heavy atom. The number of rotatable bonds is 3. The summed E-state index contributed by atoms with van der Waals surface area (Å²) in [7, 11) is 0. The number of amides is 2. The maximum atomic E-state index is 13.0. The fraction of sp³-hybridized carbons (Fsp3) is 0.333. The zero-order chi connectivity index (χ0) is 13.7. The summed E-state index contributed by atoms with van der Waals surface area (Å²) in [5.74, 6) is -2.27. The summed E-state index contributed by atoms with van der Waals surface area (Å²) in [4.78, 5) is 22.8. The second kappa shape index (κ2) is 6.11. The van der Waals surface area contributed by atoms with Gasteiger partial charge in [0, 0.05) is 12.2 Å². The topological polar surface area (TPSA) is 78.4 Å². The van der Waals surface area contributed by atoms with Crippen LogP contribution in [0.1, 0.15) is 12.5 Å². The van der Waals surface area contributed by atoms with Crippen LogP contribution in [-0.2, 0) is 9.59 Å². The van der Waals surface area contributed by atoms with Crippen LogP contribution in [-0.4, -0.2) is 29.6 Å². The molecule has 0 radical (unpaired) electrons. The fourth-order valence-corrected chi connectivity index (χ4v) is 1.23. The fourth-order valence-electron chi connectivity index (χ4n) is 1.23. The Bertz CT molecular complexity index is 461. The molecular formula is C12H15FN2O3. The summed E-state index contributed by atoms with van der Waals surface area (Å²) in [6, 6.07) is 3.90. The standard InChI is InChI=1S/C12H15FN2O3/c1-7-3-4-9(13)5-10(7)15-12(18)11(17)14-6-8(2)16/h3-5,8,16H,6H2,1-2H3,(H,14,17)(H,15,18)/t8-/m0/s1. The first kappa shape index (κ1) is 14.1. The third-order valence-corrected chi connectivity index (χ3v) is 2.21. The van der Waals surface area contributed by atoms with E-state index < -0.39 is 23.7 Å². The van der Waals surface area contributed by atoms with Crippen LogP contribution in [0.25, 0.3) is 0 Å². The van der Waals surface area contributed by atoms with Crippen LogP contribution in [0.4, 0.5) is 10.1 Å². The second-order valence-electron chi connectivity index (χ2n) is 3.97. The SMILES string of the molecule is Cc1ccc(F)cc1NC(=O)C(=O)NC[C@H](C)O. The number of halogens is 1. The van der Waals surface area contributed by atoms with E-state index in [0.717, 1.165) is 6.07 Å². The Kier molecular flexibility index (Phi) is 4.79. The van der Waals surface area contributed by atoms with Gasteiger partial charge < -0.3 is 15.7 Å². The molecule has 0 aliphatic heterocycles. The molecule has 0 saturated heterocycles. The minimum atomic E-state index is -0.899. The number of carbonyl (C=O) groups excluding carboxylic acids is 2. The molecule has 0 aliphatic rings. The van der Waals surface area contributed by atoms with Crippen molar-refractivity contribution in [2.75, 3.05) is 11.9 Å². The van der Waals surface area contributed by atoms with Crippen LogP contribution in [0.2, 0.25) is 0 Å². The van der Waals surface area contributed by atoms with Gasteiger partial charge in [-0.2, -0.15) is 0 Å². The highest BCUT2D eigenvalue weighted by molar-refractivity contribution is 6.39. The van der Waals surface area contributed by atoms with E-state index in [4.69, 9.17) is 5.11 Å². The van der Waals surface area contributed by atoms with Crippen LogP contribution in [0.5, 0.6) is 0 Å². The summed E-state index contributed by atoms with van der Waals surface area (Å²) in [5, 5.41) is 13.5. The Hall–Kier alpha value is -1.95. The molecule has 5 nitrogen and oxygen atoms in total. The van der Waals surface area contributed by atoms with Crippen molar-refractivity contribution < 1.29 is 19.1 Å². The highest BCUT2D eigenvalue weighted by Crippen LogP contribution is 2.15. The summed E-state index contributed by atoms with van der Waals surface area (Å²) in [6.45, 7) is 3.14. The number of anilines is 1. The molecule has 1 rings (SSSR count). The smallest absolute Gasteiger partial charge is 0.313 e. The molecule has 0 aromatic heterocycles. The normalized spacial score (nSPS) is 11.8. The average molecular weight is 254 g/mol. The van der Waals surface area contributed by atoms with Crippen LogP contribution in [0.3, 0.4) is 0 Å². The Labute approximate surface area is 104 Å². The molecule has 1 atom stereocenters. The molecule has 3 N–H and O–H groups in total. The number of carbonyl (C=O) groups is 2. The molecule has 6 heteroatoms. The van der Waals surface area contributed by atoms with Crippen molar-refractivity contribution in [2.24, 2.45) is 0 Å². The van der Waals surface area contributed by atoms with Gasteiger partial charge in [0.1, 0.15) is 5.82 Å². The first-order chi connectivity index (χ1) is 8.40. The maximum absolute atomic E-state index is 13.0. The van der Waals surface area contributed by atoms with Gasteiger partial charge in [0.25, 0.3) is 0 Å². The molecule has 0 bridgehead atoms. The Balaban J connectivity index is 2.64. The summed E-state index contributed by atoms with van der Waals surface area (Å²) in [6.07, 6.45) is -0.738. The van der Waals surface area contributed by atoms with Gasteiger partial charge in [0.05, 0.1) is 6.10 Å². The number of aliphatic hydroxyl groups is 1. The van der Waals surface area contributed by atoms with Crippen LogP contribution in [0, 0.1) is 12.7 Å². The quantitative estimate of drug-likeness (QED) is 0.690. The van der Waals surface area contributed by atoms with E-state index in [0.29, 0.717) is 5.56 Å². The zero-order valence-electron chi connectivity index (χ0n) is 10.2. The van der Waals surface area contributed by atoms with E-state index in [-0.39, 0.29) is 12.2 Å². The number of hydrogen-bond acceptors (Lipinski definition) is 3. The van der Waals surface area contributed by atoms with Crippen LogP contribution < -0.4 is 10.6 Å². The van der Waals surface area contributed by atoms with Gasteiger partial charge in [-0.25, -0.2) is 4.39 Å². The molecule has 0 heterocycles. The molecule has 0 fully saturated rings. The van der Waals surface area contributed by atoms with Crippen molar-refractivity contribution in [3.8, 4) is 0 Å². The number of aliphatic hydroxyl groups excluding tert-OH is 1. The summed E-state index contributed by atoms with van der Waals surface area (Å²) in [5.41, 5.74) is 0.889. The number of aryl methyl sites for hydroxylation is 1. The lowest BCUT2D eigenvalue weighted by molar-refractivity contribution is -0.136. The monoisotopic (exact) mass is 254 g/mol. The third-order valence-electron chi connectivity index (χ3n) is 2.21. The lowest BCUT2D eigenvalue weighted by atomic mass is 10.2. The molecule has 2 amide bonds. The summed E-state index contributed by atoms with van der Waals surface area (Å²) >= 11 is 0. The second-order valence-corrected chi connectivity index (χ2v) is 3.97. The minimum absolute atomic E-state index is 0.0195. The van der Waals surface area contributed by atoms with Gasteiger partial charge in [-0.15, -0.1) is 0 Å². The van der Waals surface area contributed by atoms with Gasteiger partial charge in [-0.05, 0) is 31.5 Å². The van der Waals surface area contributed by atoms with Gasteiger partial charge in [0.15, 0.2) is 0 Å². The van der Waals surface area contributed by atoms with E-state index in [1.807, 2.05) is 0 Å². The lowest BCUT2D eigenvalue weighted by Crippen LogP contribution is -2.38. The van der Waals surface area contributed by atoms with Crippen molar-refractivity contribution in [3.05, 3.63) is 29.6 Å². The molecule has 0 aliphatic carbocycles. The molecule has 1 aromatic rings. The van der Waals surface area contributed by atoms with Crippen molar-refractivity contribution in [2.45, 2.75) is 20.0 Å². The maximum Gasteiger partial charge on any atom is 0.313 e. The van der Waals surface area contributed by atoms with E-state index in [1.165, 1.54) is 19.1 Å². The third kappa shape index (κ3) is 4.14. The van der Waals surface area contributed by atoms with Gasteiger partial charge in [-0.3, -0.25) is 9.59 Å². The Morgan fingerprint density at radius 2 is 2.06 bits per heavy atom.